The molecule has 0 aliphatic carbocycles. The number of amides is 2. The van der Waals surface area contributed by atoms with Gasteiger partial charge in [-0.2, -0.15) is 20.0 Å². The van der Waals surface area contributed by atoms with Crippen molar-refractivity contribution in [1.82, 2.24) is 25.0 Å². The van der Waals surface area contributed by atoms with Gasteiger partial charge < -0.3 is 22.1 Å². The van der Waals surface area contributed by atoms with Gasteiger partial charge in [-0.1, -0.05) is 19.9 Å². The second kappa shape index (κ2) is 9.65. The molecular weight excluding hydrogens is 398 g/mol. The summed E-state index contributed by atoms with van der Waals surface area (Å²) in [5, 5.41) is 14.3. The molecule has 6 N–H and O–H groups in total. The van der Waals surface area contributed by atoms with Gasteiger partial charge in [-0.25, -0.2) is 4.98 Å². The van der Waals surface area contributed by atoms with Crippen molar-refractivity contribution in [1.29, 1.82) is 0 Å². The van der Waals surface area contributed by atoms with Crippen LogP contribution in [0.25, 0.3) is 5.69 Å². The Morgan fingerprint density at radius 3 is 2.55 bits per heavy atom. The molecule has 0 unspecified atom stereocenters. The molecule has 0 saturated heterocycles. The lowest BCUT2D eigenvalue weighted by Crippen LogP contribution is -2.31. The Kier molecular flexibility index (Phi) is 6.75. The number of nitrogens with one attached hydrogen (secondary N) is 2. The van der Waals surface area contributed by atoms with Gasteiger partial charge in [0.15, 0.2) is 0 Å². The van der Waals surface area contributed by atoms with E-state index in [4.69, 9.17) is 11.5 Å². The van der Waals surface area contributed by atoms with E-state index in [-0.39, 0.29) is 29.8 Å². The molecule has 2 aromatic heterocycles. The molecule has 3 rings (SSSR count). The fourth-order valence-electron chi connectivity index (χ4n) is 3.02. The topological polar surface area (TPSA) is 167 Å². The molecule has 0 saturated carbocycles. The van der Waals surface area contributed by atoms with Crippen LogP contribution in [-0.4, -0.2) is 43.3 Å². The predicted octanol–water partition coefficient (Wildman–Crippen LogP) is 1.46. The van der Waals surface area contributed by atoms with Crippen molar-refractivity contribution in [2.75, 3.05) is 17.2 Å². The highest BCUT2D eigenvalue weighted by atomic mass is 16.1. The van der Waals surface area contributed by atoms with E-state index in [1.165, 1.54) is 11.0 Å². The van der Waals surface area contributed by atoms with Crippen LogP contribution in [0.4, 0.5) is 17.5 Å². The van der Waals surface area contributed by atoms with E-state index in [2.05, 4.69) is 30.8 Å². The van der Waals surface area contributed by atoms with Crippen molar-refractivity contribution in [3.8, 4) is 5.69 Å². The molecular formula is C20H25N9O2. The predicted molar refractivity (Wildman–Crippen MR) is 116 cm³/mol. The average molecular weight is 423 g/mol. The molecule has 0 spiro atoms. The monoisotopic (exact) mass is 423 g/mol. The zero-order valence-corrected chi connectivity index (χ0v) is 17.3. The minimum Gasteiger partial charge on any atom is -0.369 e. The fourth-order valence-corrected chi connectivity index (χ4v) is 3.02. The van der Waals surface area contributed by atoms with Gasteiger partial charge in [0.25, 0.3) is 5.91 Å². The van der Waals surface area contributed by atoms with Gasteiger partial charge in [0.05, 0.1) is 24.0 Å². The zero-order valence-electron chi connectivity index (χ0n) is 17.3. The molecule has 3 aromatic rings. The van der Waals surface area contributed by atoms with Crippen molar-refractivity contribution < 1.29 is 9.59 Å². The van der Waals surface area contributed by atoms with Gasteiger partial charge in [-0.3, -0.25) is 9.59 Å². The molecule has 31 heavy (non-hydrogen) atoms. The summed E-state index contributed by atoms with van der Waals surface area (Å²) in [4.78, 5) is 33.5. The van der Waals surface area contributed by atoms with Gasteiger partial charge in [0, 0.05) is 18.4 Å². The summed E-state index contributed by atoms with van der Waals surface area (Å²) in [6.07, 6.45) is 5.13. The molecule has 2 heterocycles. The number of benzene rings is 1. The first-order valence-corrected chi connectivity index (χ1v) is 9.77. The zero-order chi connectivity index (χ0) is 22.4. The molecule has 0 fully saturated rings. The van der Waals surface area contributed by atoms with Gasteiger partial charge >= 0.3 is 0 Å². The minimum atomic E-state index is -0.672. The summed E-state index contributed by atoms with van der Waals surface area (Å²) in [5.74, 6) is -0.645. The van der Waals surface area contributed by atoms with Crippen LogP contribution >= 0.6 is 0 Å². The van der Waals surface area contributed by atoms with E-state index in [0.717, 1.165) is 5.69 Å². The largest absolute Gasteiger partial charge is 0.369 e. The normalized spacial score (nSPS) is 11.8. The molecule has 1 atom stereocenters. The highest BCUT2D eigenvalue weighted by molar-refractivity contribution is 5.98. The van der Waals surface area contributed by atoms with Crippen LogP contribution < -0.4 is 22.1 Å². The standard InChI is InChI=1S/C20H25N9O2/c1-12(2)8-13(17(21)30)10-23-20-24-11-16(18(22)31)19(28-20)27-14-4-3-5-15(9-14)29-25-6-7-26-29/h3-7,9,11-13H,8,10H2,1-2H3,(H2,21,30)(H2,22,31)(H2,23,24,27,28)/t13-/m0/s1. The molecule has 0 bridgehead atoms. The molecule has 0 aliphatic rings. The van der Waals surface area contributed by atoms with Crippen molar-refractivity contribution in [3.63, 3.8) is 0 Å². The fraction of sp³-hybridized carbons (Fsp3) is 0.300. The lowest BCUT2D eigenvalue weighted by atomic mass is 9.96. The third-order valence-corrected chi connectivity index (χ3v) is 4.48. The van der Waals surface area contributed by atoms with Crippen molar-refractivity contribution in [2.45, 2.75) is 20.3 Å². The summed E-state index contributed by atoms with van der Waals surface area (Å²) in [6.45, 7) is 4.31. The number of nitrogens with zero attached hydrogens (tertiary/aromatic N) is 5. The van der Waals surface area contributed by atoms with Crippen LogP contribution in [0.3, 0.4) is 0 Å². The van der Waals surface area contributed by atoms with Crippen molar-refractivity contribution >= 4 is 29.3 Å². The van der Waals surface area contributed by atoms with Crippen LogP contribution in [0.5, 0.6) is 0 Å². The number of rotatable bonds is 10. The Balaban J connectivity index is 1.82. The first kappa shape index (κ1) is 21.7. The Morgan fingerprint density at radius 1 is 1.16 bits per heavy atom. The molecule has 0 aliphatic heterocycles. The second-order valence-corrected chi connectivity index (χ2v) is 7.42. The maximum absolute atomic E-state index is 11.9. The number of hydrogen-bond acceptors (Lipinski definition) is 8. The van der Waals surface area contributed by atoms with Gasteiger partial charge in [0.1, 0.15) is 11.4 Å². The summed E-state index contributed by atoms with van der Waals surface area (Å²) in [6, 6.07) is 7.25. The second-order valence-electron chi connectivity index (χ2n) is 7.42. The van der Waals surface area contributed by atoms with Crippen LogP contribution in [0.2, 0.25) is 0 Å². The van der Waals surface area contributed by atoms with E-state index in [9.17, 15) is 9.59 Å². The summed E-state index contributed by atoms with van der Waals surface area (Å²) < 4.78 is 0. The number of carbonyl (C=O) groups excluding carboxylic acids is 2. The van der Waals surface area contributed by atoms with Gasteiger partial charge in [-0.15, -0.1) is 0 Å². The summed E-state index contributed by atoms with van der Waals surface area (Å²) >= 11 is 0. The Labute approximate surface area is 179 Å². The SMILES string of the molecule is CC(C)C[C@@H](CNc1ncc(C(N)=O)c(Nc2cccc(-n3nccn3)c2)n1)C(N)=O. The number of primary amides is 2. The molecule has 1 aromatic carbocycles. The number of anilines is 3. The Morgan fingerprint density at radius 2 is 1.90 bits per heavy atom. The van der Waals surface area contributed by atoms with Gasteiger partial charge in [0.2, 0.25) is 11.9 Å². The maximum Gasteiger partial charge on any atom is 0.254 e. The highest BCUT2D eigenvalue weighted by Crippen LogP contribution is 2.22. The highest BCUT2D eigenvalue weighted by Gasteiger charge is 2.18. The van der Waals surface area contributed by atoms with E-state index in [1.807, 2.05) is 26.0 Å². The number of carbonyl (C=O) groups is 2. The number of hydrogen-bond donors (Lipinski definition) is 4. The quantitative estimate of drug-likeness (QED) is 0.380. The van der Waals surface area contributed by atoms with Crippen LogP contribution in [0.15, 0.2) is 42.9 Å². The smallest absolute Gasteiger partial charge is 0.254 e. The number of aromatic nitrogens is 5. The lowest BCUT2D eigenvalue weighted by Gasteiger charge is -2.17. The third-order valence-electron chi connectivity index (χ3n) is 4.48. The molecule has 11 nitrogen and oxygen atoms in total. The van der Waals surface area contributed by atoms with Crippen LogP contribution in [-0.2, 0) is 4.79 Å². The number of nitrogens with two attached hydrogens (primary N) is 2. The third kappa shape index (κ3) is 5.75. The minimum absolute atomic E-state index is 0.127. The molecule has 11 heteroatoms. The van der Waals surface area contributed by atoms with E-state index >= 15 is 0 Å². The van der Waals surface area contributed by atoms with Crippen LogP contribution in [0, 0.1) is 11.8 Å². The van der Waals surface area contributed by atoms with Crippen molar-refractivity contribution in [3.05, 3.63) is 48.4 Å². The molecule has 162 valence electrons. The Hall–Kier alpha value is -4.02. The molecule has 2 amide bonds. The van der Waals surface area contributed by atoms with E-state index < -0.39 is 11.8 Å². The van der Waals surface area contributed by atoms with E-state index in [0.29, 0.717) is 18.0 Å². The van der Waals surface area contributed by atoms with Crippen LogP contribution in [0.1, 0.15) is 30.6 Å². The summed E-state index contributed by atoms with van der Waals surface area (Å²) in [5.41, 5.74) is 12.5. The Bertz CT molecular complexity index is 1050. The molecule has 0 radical (unpaired) electrons. The van der Waals surface area contributed by atoms with E-state index in [1.54, 1.807) is 24.5 Å². The average Bonchev–Trinajstić information content (AvgIpc) is 3.26. The van der Waals surface area contributed by atoms with Crippen molar-refractivity contribution in [2.24, 2.45) is 23.3 Å². The van der Waals surface area contributed by atoms with Gasteiger partial charge in [-0.05, 0) is 30.5 Å². The first-order valence-electron chi connectivity index (χ1n) is 9.77. The maximum atomic E-state index is 11.9. The lowest BCUT2D eigenvalue weighted by molar-refractivity contribution is -0.121. The summed E-state index contributed by atoms with van der Waals surface area (Å²) in [7, 11) is 0. The first-order chi connectivity index (χ1) is 14.8.